The predicted octanol–water partition coefficient (Wildman–Crippen LogP) is 4.87. The number of rotatable bonds is 4. The molecule has 3 aromatic rings. The summed E-state index contributed by atoms with van der Waals surface area (Å²) in [6.45, 7) is 2.04. The lowest BCUT2D eigenvalue weighted by Gasteiger charge is -2.36. The van der Waals surface area contributed by atoms with Gasteiger partial charge >= 0.3 is 0 Å². The highest BCUT2D eigenvalue weighted by Crippen LogP contribution is 2.47. The molecule has 6 rings (SSSR count). The highest BCUT2D eigenvalue weighted by atomic mass is 32.1. The van der Waals surface area contributed by atoms with Gasteiger partial charge in [-0.05, 0) is 54.6 Å². The first-order valence-corrected chi connectivity index (χ1v) is 12.4. The smallest absolute Gasteiger partial charge is 0.255 e. The van der Waals surface area contributed by atoms with Crippen LogP contribution in [0.15, 0.2) is 82.6 Å². The van der Waals surface area contributed by atoms with Crippen molar-refractivity contribution in [2.75, 3.05) is 12.1 Å². The van der Waals surface area contributed by atoms with Crippen LogP contribution < -0.4 is 20.1 Å². The van der Waals surface area contributed by atoms with Gasteiger partial charge in [0.05, 0.1) is 0 Å². The molecule has 0 saturated heterocycles. The van der Waals surface area contributed by atoms with E-state index in [4.69, 9.17) is 9.47 Å². The van der Waals surface area contributed by atoms with Gasteiger partial charge in [0, 0.05) is 51.9 Å². The highest BCUT2D eigenvalue weighted by Gasteiger charge is 2.41. The molecule has 1 aliphatic carbocycles. The number of aromatic nitrogens is 1. The molecule has 0 unspecified atom stereocenters. The molecule has 0 radical (unpaired) electrons. The summed E-state index contributed by atoms with van der Waals surface area (Å²) in [7, 11) is 0. The number of nitrogens with one attached hydrogen (secondary N) is 2. The minimum atomic E-state index is -0.527. The number of hydrogen-bond donors (Lipinski definition) is 2. The number of hydrogen-bond acceptors (Lipinski definition) is 7. The standard InChI is InChI=1S/C27H23N3O4S/c1-15-24(27(32)30-23-6-2-3-9-28-23)25(16-7-8-20-21(13-16)34-14-33-20)26-18(29-15)11-17(12-19(26)31)22-5-4-10-35-22/h2-10,13,17,25,29H,11-12,14H2,1H3,(H,28,30,32)/t17-,25-/m0/s1. The molecule has 8 heteroatoms. The van der Waals surface area contributed by atoms with Crippen LogP contribution in [0.25, 0.3) is 0 Å². The largest absolute Gasteiger partial charge is 0.454 e. The first kappa shape index (κ1) is 21.6. The van der Waals surface area contributed by atoms with Gasteiger partial charge in [-0.25, -0.2) is 4.98 Å². The number of carbonyl (C=O) groups is 2. The van der Waals surface area contributed by atoms with E-state index in [-0.39, 0.29) is 24.4 Å². The molecular formula is C27H23N3O4S. The van der Waals surface area contributed by atoms with E-state index in [1.807, 2.05) is 42.6 Å². The minimum Gasteiger partial charge on any atom is -0.454 e. The van der Waals surface area contributed by atoms with Crippen molar-refractivity contribution in [1.82, 2.24) is 10.3 Å². The quantitative estimate of drug-likeness (QED) is 0.548. The Hall–Kier alpha value is -3.91. The fourth-order valence-corrected chi connectivity index (χ4v) is 5.94. The molecule has 4 heterocycles. The van der Waals surface area contributed by atoms with Gasteiger partial charge in [0.1, 0.15) is 5.82 Å². The van der Waals surface area contributed by atoms with E-state index in [0.717, 1.165) is 23.4 Å². The Kier molecular flexibility index (Phi) is 5.37. The van der Waals surface area contributed by atoms with Gasteiger partial charge in [0.25, 0.3) is 5.91 Å². The van der Waals surface area contributed by atoms with Crippen molar-refractivity contribution in [2.24, 2.45) is 0 Å². The Balaban J connectivity index is 1.43. The fraction of sp³-hybridized carbons (Fsp3) is 0.222. The topological polar surface area (TPSA) is 89.6 Å². The van der Waals surface area contributed by atoms with Crippen molar-refractivity contribution < 1.29 is 19.1 Å². The maximum absolute atomic E-state index is 13.7. The molecule has 2 aromatic heterocycles. The van der Waals surface area contributed by atoms with Gasteiger partial charge in [-0.2, -0.15) is 0 Å². The zero-order chi connectivity index (χ0) is 23.9. The number of ketones is 1. The number of nitrogens with zero attached hydrogens (tertiary/aromatic N) is 1. The van der Waals surface area contributed by atoms with Crippen LogP contribution >= 0.6 is 11.3 Å². The van der Waals surface area contributed by atoms with E-state index in [1.165, 1.54) is 4.88 Å². The number of carbonyl (C=O) groups excluding carboxylic acids is 2. The van der Waals surface area contributed by atoms with Gasteiger partial charge in [0.2, 0.25) is 6.79 Å². The number of dihydropyridines is 1. The second-order valence-electron chi connectivity index (χ2n) is 8.81. The number of fused-ring (bicyclic) bond motifs is 1. The molecule has 2 aliphatic heterocycles. The number of allylic oxidation sites excluding steroid dienone is 3. The normalized spacial score (nSPS) is 21.0. The fourth-order valence-electron chi connectivity index (χ4n) is 5.11. The average molecular weight is 486 g/mol. The van der Waals surface area contributed by atoms with E-state index >= 15 is 0 Å². The van der Waals surface area contributed by atoms with Crippen molar-refractivity contribution in [3.63, 3.8) is 0 Å². The van der Waals surface area contributed by atoms with Crippen molar-refractivity contribution >= 4 is 28.8 Å². The predicted molar refractivity (Wildman–Crippen MR) is 132 cm³/mol. The lowest BCUT2D eigenvalue weighted by molar-refractivity contribution is -0.116. The number of Topliss-reactive ketones (excluding diaryl/α,β-unsaturated/α-hetero) is 1. The maximum Gasteiger partial charge on any atom is 0.255 e. The summed E-state index contributed by atoms with van der Waals surface area (Å²) >= 11 is 1.67. The van der Waals surface area contributed by atoms with Gasteiger partial charge in [-0.15, -0.1) is 11.3 Å². The molecule has 1 aromatic carbocycles. The molecule has 0 saturated carbocycles. The van der Waals surface area contributed by atoms with E-state index in [2.05, 4.69) is 21.7 Å². The lowest BCUT2D eigenvalue weighted by atomic mass is 9.72. The third-order valence-corrected chi connectivity index (χ3v) is 7.69. The molecule has 0 spiro atoms. The van der Waals surface area contributed by atoms with Crippen LogP contribution in [0.5, 0.6) is 11.5 Å². The summed E-state index contributed by atoms with van der Waals surface area (Å²) in [5.74, 6) is 1.08. The number of benzene rings is 1. The average Bonchev–Trinajstić information content (AvgIpc) is 3.55. The second kappa shape index (κ2) is 8.70. The SMILES string of the molecule is CC1=C(C(=O)Nc2ccccn2)[C@H](c2ccc3c(c2)OCO3)C2=C(C[C@H](c3cccs3)CC2=O)N1. The Morgan fingerprint density at radius 2 is 2.00 bits per heavy atom. The summed E-state index contributed by atoms with van der Waals surface area (Å²) in [6, 6.07) is 15.1. The molecular weight excluding hydrogens is 462 g/mol. The number of pyridine rings is 1. The van der Waals surface area contributed by atoms with Gasteiger partial charge < -0.3 is 20.1 Å². The Morgan fingerprint density at radius 3 is 2.80 bits per heavy atom. The molecule has 7 nitrogen and oxygen atoms in total. The summed E-state index contributed by atoms with van der Waals surface area (Å²) in [5.41, 5.74) is 3.56. The van der Waals surface area contributed by atoms with E-state index in [9.17, 15) is 9.59 Å². The molecule has 35 heavy (non-hydrogen) atoms. The molecule has 0 fully saturated rings. The van der Waals surface area contributed by atoms with Crippen LogP contribution in [0.4, 0.5) is 5.82 Å². The molecule has 0 bridgehead atoms. The van der Waals surface area contributed by atoms with Gasteiger partial charge in [0.15, 0.2) is 17.3 Å². The van der Waals surface area contributed by atoms with Crippen LogP contribution in [-0.2, 0) is 9.59 Å². The minimum absolute atomic E-state index is 0.0513. The van der Waals surface area contributed by atoms with Crippen LogP contribution in [0.3, 0.4) is 0 Å². The van der Waals surface area contributed by atoms with E-state index < -0.39 is 5.92 Å². The van der Waals surface area contributed by atoms with Crippen LogP contribution in [0.2, 0.25) is 0 Å². The molecule has 176 valence electrons. The summed E-state index contributed by atoms with van der Waals surface area (Å²) in [4.78, 5) is 32.7. The first-order chi connectivity index (χ1) is 17.1. The lowest BCUT2D eigenvalue weighted by Crippen LogP contribution is -2.37. The molecule has 1 amide bonds. The highest BCUT2D eigenvalue weighted by molar-refractivity contribution is 7.10. The third-order valence-electron chi connectivity index (χ3n) is 6.65. The Morgan fingerprint density at radius 1 is 1.11 bits per heavy atom. The maximum atomic E-state index is 13.7. The van der Waals surface area contributed by atoms with Gasteiger partial charge in [-0.1, -0.05) is 18.2 Å². The van der Waals surface area contributed by atoms with Crippen LogP contribution in [-0.4, -0.2) is 23.5 Å². The Bertz CT molecular complexity index is 1380. The first-order valence-electron chi connectivity index (χ1n) is 11.5. The zero-order valence-electron chi connectivity index (χ0n) is 19.0. The van der Waals surface area contributed by atoms with Crippen LogP contribution in [0.1, 0.15) is 42.0 Å². The third kappa shape index (κ3) is 3.89. The van der Waals surface area contributed by atoms with Crippen LogP contribution in [0, 0.1) is 0 Å². The summed E-state index contributed by atoms with van der Waals surface area (Å²) in [5, 5.41) is 8.36. The molecule has 2 atom stereocenters. The van der Waals surface area contributed by atoms with Crippen molar-refractivity contribution in [3.05, 3.63) is 93.1 Å². The van der Waals surface area contributed by atoms with E-state index in [1.54, 1.807) is 29.7 Å². The number of amides is 1. The Labute approximate surface area is 206 Å². The van der Waals surface area contributed by atoms with Crippen molar-refractivity contribution in [2.45, 2.75) is 31.6 Å². The number of thiophene rings is 1. The number of anilines is 1. The van der Waals surface area contributed by atoms with Gasteiger partial charge in [-0.3, -0.25) is 9.59 Å². The van der Waals surface area contributed by atoms with Crippen molar-refractivity contribution in [3.8, 4) is 11.5 Å². The molecule has 2 N–H and O–H groups in total. The monoisotopic (exact) mass is 485 g/mol. The van der Waals surface area contributed by atoms with E-state index in [0.29, 0.717) is 34.9 Å². The second-order valence-corrected chi connectivity index (χ2v) is 9.79. The summed E-state index contributed by atoms with van der Waals surface area (Å²) in [6.07, 6.45) is 2.76. The molecule has 3 aliphatic rings. The zero-order valence-corrected chi connectivity index (χ0v) is 19.9. The summed E-state index contributed by atoms with van der Waals surface area (Å²) < 4.78 is 11.1. The number of ether oxygens (including phenoxy) is 2. The van der Waals surface area contributed by atoms with Crippen molar-refractivity contribution in [1.29, 1.82) is 0 Å².